The molecule has 1 heterocycles. The number of rotatable bonds is 2. The van der Waals surface area contributed by atoms with Crippen molar-refractivity contribution in [3.05, 3.63) is 11.8 Å². The van der Waals surface area contributed by atoms with Crippen LogP contribution in [0.5, 0.6) is 0 Å². The maximum atomic E-state index is 11.2. The fraction of sp³-hybridized carbons (Fsp3) is 0.556. The topological polar surface area (TPSA) is 55.8 Å². The number of hydrogen-bond acceptors (Lipinski definition) is 5. The van der Waals surface area contributed by atoms with Crippen molar-refractivity contribution in [1.29, 1.82) is 0 Å². The predicted molar refractivity (Wildman–Crippen MR) is 48.3 cm³/mol. The first kappa shape index (κ1) is 10.6. The normalized spacial score (nSPS) is 23.5. The van der Waals surface area contributed by atoms with Crippen molar-refractivity contribution in [2.45, 2.75) is 12.5 Å². The van der Waals surface area contributed by atoms with Crippen LogP contribution < -0.4 is 0 Å². The summed E-state index contributed by atoms with van der Waals surface area (Å²) >= 11 is 0. The highest BCUT2D eigenvalue weighted by Gasteiger charge is 2.34. The maximum Gasteiger partial charge on any atom is 0.347 e. The lowest BCUT2D eigenvalue weighted by atomic mass is 10.2. The minimum Gasteiger partial charge on any atom is -0.466 e. The molecule has 5 nitrogen and oxygen atoms in total. The van der Waals surface area contributed by atoms with Gasteiger partial charge in [-0.25, -0.2) is 9.59 Å². The van der Waals surface area contributed by atoms with E-state index in [-0.39, 0.29) is 6.42 Å². The molecule has 1 fully saturated rings. The number of esters is 2. The second-order valence-electron chi connectivity index (χ2n) is 3.24. The average molecular weight is 199 g/mol. The van der Waals surface area contributed by atoms with Crippen LogP contribution in [0.15, 0.2) is 11.8 Å². The summed E-state index contributed by atoms with van der Waals surface area (Å²) in [5.41, 5.74) is 0.491. The van der Waals surface area contributed by atoms with E-state index >= 15 is 0 Å². The van der Waals surface area contributed by atoms with Gasteiger partial charge in [-0.1, -0.05) is 0 Å². The fourth-order valence-electron chi connectivity index (χ4n) is 1.21. The first-order valence-electron chi connectivity index (χ1n) is 4.20. The molecule has 0 N–H and O–H groups in total. The van der Waals surface area contributed by atoms with Crippen LogP contribution in [0, 0.1) is 0 Å². The molecule has 0 aromatic heterocycles. The van der Waals surface area contributed by atoms with Crippen molar-refractivity contribution in [3.8, 4) is 0 Å². The Morgan fingerprint density at radius 3 is 2.79 bits per heavy atom. The van der Waals surface area contributed by atoms with E-state index in [1.54, 1.807) is 25.2 Å². The summed E-state index contributed by atoms with van der Waals surface area (Å²) in [7, 11) is 4.86. The quantitative estimate of drug-likeness (QED) is 0.460. The SMILES string of the molecule is COC(=O)[C@@H]1C/C(=C\N(C)C)C(=O)O1. The van der Waals surface area contributed by atoms with Gasteiger partial charge in [0.15, 0.2) is 0 Å². The number of nitrogens with zero attached hydrogens (tertiary/aromatic N) is 1. The minimum atomic E-state index is -0.779. The average Bonchev–Trinajstić information content (AvgIpc) is 2.46. The van der Waals surface area contributed by atoms with Crippen LogP contribution in [-0.4, -0.2) is 44.1 Å². The summed E-state index contributed by atoms with van der Waals surface area (Å²) < 4.78 is 9.30. The zero-order valence-corrected chi connectivity index (χ0v) is 8.44. The molecule has 1 rings (SSSR count). The highest BCUT2D eigenvalue weighted by molar-refractivity contribution is 5.95. The van der Waals surface area contributed by atoms with Gasteiger partial charge in [0.1, 0.15) is 0 Å². The zero-order valence-electron chi connectivity index (χ0n) is 8.44. The van der Waals surface area contributed by atoms with Crippen molar-refractivity contribution in [3.63, 3.8) is 0 Å². The van der Waals surface area contributed by atoms with Crippen LogP contribution in [0.1, 0.15) is 6.42 Å². The summed E-state index contributed by atoms with van der Waals surface area (Å²) in [5.74, 6) is -0.963. The maximum absolute atomic E-state index is 11.2. The molecule has 1 aliphatic heterocycles. The van der Waals surface area contributed by atoms with Crippen LogP contribution in [0.3, 0.4) is 0 Å². The first-order chi connectivity index (χ1) is 6.54. The molecule has 14 heavy (non-hydrogen) atoms. The standard InChI is InChI=1S/C9H13NO4/c1-10(2)5-6-4-7(9(12)13-3)14-8(6)11/h5,7H,4H2,1-3H3/b6-5+/t7-/m0/s1. The highest BCUT2D eigenvalue weighted by atomic mass is 16.6. The summed E-state index contributed by atoms with van der Waals surface area (Å²) in [6.07, 6.45) is 1.15. The number of carbonyl (C=O) groups excluding carboxylic acids is 2. The Kier molecular flexibility index (Phi) is 3.11. The molecule has 0 saturated carbocycles. The van der Waals surface area contributed by atoms with Crippen molar-refractivity contribution >= 4 is 11.9 Å². The van der Waals surface area contributed by atoms with Gasteiger partial charge in [-0.2, -0.15) is 0 Å². The number of carbonyl (C=O) groups is 2. The third-order valence-corrected chi connectivity index (χ3v) is 1.79. The molecule has 78 valence electrons. The van der Waals surface area contributed by atoms with Crippen LogP contribution in [0.2, 0.25) is 0 Å². The monoisotopic (exact) mass is 199 g/mol. The Labute approximate surface area is 82.3 Å². The smallest absolute Gasteiger partial charge is 0.347 e. The number of hydrogen-bond donors (Lipinski definition) is 0. The van der Waals surface area contributed by atoms with E-state index in [2.05, 4.69) is 4.74 Å². The molecular weight excluding hydrogens is 186 g/mol. The number of cyclic esters (lactones) is 1. The largest absolute Gasteiger partial charge is 0.466 e. The van der Waals surface area contributed by atoms with Crippen LogP contribution >= 0.6 is 0 Å². The Hall–Kier alpha value is -1.52. The Morgan fingerprint density at radius 2 is 2.29 bits per heavy atom. The van der Waals surface area contributed by atoms with Crippen LogP contribution in [0.4, 0.5) is 0 Å². The van der Waals surface area contributed by atoms with Gasteiger partial charge in [-0.15, -0.1) is 0 Å². The van der Waals surface area contributed by atoms with Gasteiger partial charge in [-0.3, -0.25) is 0 Å². The molecule has 0 aliphatic carbocycles. The van der Waals surface area contributed by atoms with E-state index in [1.807, 2.05) is 0 Å². The van der Waals surface area contributed by atoms with E-state index in [0.717, 1.165) is 0 Å². The predicted octanol–water partition coefficient (Wildman–Crippen LogP) is -0.0796. The zero-order chi connectivity index (χ0) is 10.7. The molecule has 1 atom stereocenters. The van der Waals surface area contributed by atoms with Crippen LogP contribution in [-0.2, 0) is 19.1 Å². The fourth-order valence-corrected chi connectivity index (χ4v) is 1.21. The Bertz CT molecular complexity index is 283. The van der Waals surface area contributed by atoms with Crippen molar-refractivity contribution in [2.75, 3.05) is 21.2 Å². The summed E-state index contributed by atoms with van der Waals surface area (Å²) in [4.78, 5) is 24.0. The molecule has 0 bridgehead atoms. The molecule has 0 radical (unpaired) electrons. The lowest BCUT2D eigenvalue weighted by molar-refractivity contribution is -0.158. The minimum absolute atomic E-state index is 0.281. The molecule has 5 heteroatoms. The van der Waals surface area contributed by atoms with Gasteiger partial charge >= 0.3 is 11.9 Å². The van der Waals surface area contributed by atoms with Gasteiger partial charge in [0.2, 0.25) is 6.10 Å². The molecule has 0 aromatic rings. The summed E-state index contributed by atoms with van der Waals surface area (Å²) in [5, 5.41) is 0. The van der Waals surface area contributed by atoms with Gasteiger partial charge < -0.3 is 14.4 Å². The molecule has 0 amide bonds. The second kappa shape index (κ2) is 4.13. The molecule has 1 saturated heterocycles. The van der Waals surface area contributed by atoms with E-state index in [0.29, 0.717) is 5.57 Å². The van der Waals surface area contributed by atoms with E-state index in [4.69, 9.17) is 4.74 Å². The Balaban J connectivity index is 2.69. The van der Waals surface area contributed by atoms with Crippen molar-refractivity contribution in [2.24, 2.45) is 0 Å². The summed E-state index contributed by atoms with van der Waals surface area (Å²) in [6, 6.07) is 0. The third-order valence-electron chi connectivity index (χ3n) is 1.79. The van der Waals surface area contributed by atoms with E-state index in [9.17, 15) is 9.59 Å². The summed E-state index contributed by atoms with van der Waals surface area (Å²) in [6.45, 7) is 0. The van der Waals surface area contributed by atoms with Gasteiger partial charge in [-0.05, 0) is 0 Å². The van der Waals surface area contributed by atoms with Crippen molar-refractivity contribution < 1.29 is 19.1 Å². The molecule has 0 unspecified atom stereocenters. The van der Waals surface area contributed by atoms with Crippen LogP contribution in [0.25, 0.3) is 0 Å². The van der Waals surface area contributed by atoms with Gasteiger partial charge in [0, 0.05) is 26.7 Å². The Morgan fingerprint density at radius 1 is 1.64 bits per heavy atom. The van der Waals surface area contributed by atoms with Gasteiger partial charge in [0.05, 0.1) is 12.7 Å². The van der Waals surface area contributed by atoms with Gasteiger partial charge in [0.25, 0.3) is 0 Å². The highest BCUT2D eigenvalue weighted by Crippen LogP contribution is 2.21. The third kappa shape index (κ3) is 2.25. The first-order valence-corrected chi connectivity index (χ1v) is 4.20. The molecule has 1 aliphatic rings. The second-order valence-corrected chi connectivity index (χ2v) is 3.24. The number of ether oxygens (including phenoxy) is 2. The number of methoxy groups -OCH3 is 1. The lowest BCUT2D eigenvalue weighted by Gasteiger charge is -2.04. The van der Waals surface area contributed by atoms with Crippen molar-refractivity contribution in [1.82, 2.24) is 4.90 Å². The molecule has 0 spiro atoms. The van der Waals surface area contributed by atoms with E-state index < -0.39 is 18.0 Å². The lowest BCUT2D eigenvalue weighted by Crippen LogP contribution is -2.21. The molecular formula is C9H13NO4. The van der Waals surface area contributed by atoms with E-state index in [1.165, 1.54) is 7.11 Å². The molecule has 0 aromatic carbocycles.